The summed E-state index contributed by atoms with van der Waals surface area (Å²) in [6.45, 7) is 2.00. The summed E-state index contributed by atoms with van der Waals surface area (Å²) in [5, 5.41) is 3.14. The van der Waals surface area contributed by atoms with Crippen molar-refractivity contribution in [3.8, 4) is 0 Å². The van der Waals surface area contributed by atoms with Crippen LogP contribution >= 0.6 is 11.8 Å². The Bertz CT molecular complexity index is 405. The molecular formula is C14H21FN2S. The molecule has 2 atom stereocenters. The normalized spacial score (nSPS) is 21.0. The fraction of sp³-hybridized carbons (Fsp3) is 0.571. The van der Waals surface area contributed by atoms with E-state index in [2.05, 4.69) is 17.3 Å². The summed E-state index contributed by atoms with van der Waals surface area (Å²) in [6.07, 6.45) is 1.19. The molecule has 0 aliphatic carbocycles. The first-order chi connectivity index (χ1) is 8.65. The van der Waals surface area contributed by atoms with Crippen molar-refractivity contribution in [1.29, 1.82) is 0 Å². The van der Waals surface area contributed by atoms with Gasteiger partial charge in [-0.25, -0.2) is 4.39 Å². The van der Waals surface area contributed by atoms with E-state index in [4.69, 9.17) is 0 Å². The highest BCUT2D eigenvalue weighted by Gasteiger charge is 2.24. The number of hydrogen-bond donors (Lipinski definition) is 1. The van der Waals surface area contributed by atoms with E-state index in [0.717, 1.165) is 17.0 Å². The molecule has 1 fully saturated rings. The second-order valence-corrected chi connectivity index (χ2v) is 5.96. The van der Waals surface area contributed by atoms with Crippen molar-refractivity contribution in [3.63, 3.8) is 0 Å². The van der Waals surface area contributed by atoms with E-state index in [1.807, 2.05) is 31.8 Å². The summed E-state index contributed by atoms with van der Waals surface area (Å²) in [5.74, 6) is 2.23. The molecule has 1 aromatic rings. The van der Waals surface area contributed by atoms with Gasteiger partial charge in [0.1, 0.15) is 5.82 Å². The average Bonchev–Trinajstić information content (AvgIpc) is 2.90. The summed E-state index contributed by atoms with van der Waals surface area (Å²) < 4.78 is 14.1. The summed E-state index contributed by atoms with van der Waals surface area (Å²) in [4.78, 5) is 2.24. The lowest BCUT2D eigenvalue weighted by Gasteiger charge is -2.30. The van der Waals surface area contributed by atoms with Gasteiger partial charge in [-0.3, -0.25) is 0 Å². The predicted octanol–water partition coefficient (Wildman–Crippen LogP) is 3.05. The topological polar surface area (TPSA) is 15.3 Å². The predicted molar refractivity (Wildman–Crippen MR) is 78.0 cm³/mol. The van der Waals surface area contributed by atoms with Gasteiger partial charge in [-0.15, -0.1) is 0 Å². The quantitative estimate of drug-likeness (QED) is 0.903. The summed E-state index contributed by atoms with van der Waals surface area (Å²) in [5.41, 5.74) is 1.80. The molecule has 2 unspecified atom stereocenters. The van der Waals surface area contributed by atoms with E-state index in [9.17, 15) is 4.39 Å². The first-order valence-electron chi connectivity index (χ1n) is 6.41. The molecular weight excluding hydrogens is 247 g/mol. The van der Waals surface area contributed by atoms with Crippen LogP contribution in [0.4, 0.5) is 10.1 Å². The molecule has 2 nitrogen and oxygen atoms in total. The maximum atomic E-state index is 14.1. The number of benzene rings is 1. The van der Waals surface area contributed by atoms with Crippen LogP contribution in [-0.2, 0) is 0 Å². The molecule has 0 amide bonds. The van der Waals surface area contributed by atoms with Crippen LogP contribution in [0.3, 0.4) is 0 Å². The number of anilines is 1. The van der Waals surface area contributed by atoms with E-state index in [1.165, 1.54) is 12.2 Å². The maximum absolute atomic E-state index is 14.1. The van der Waals surface area contributed by atoms with Crippen LogP contribution in [0.1, 0.15) is 24.9 Å². The zero-order valence-corrected chi connectivity index (χ0v) is 12.1. The van der Waals surface area contributed by atoms with Gasteiger partial charge >= 0.3 is 0 Å². The van der Waals surface area contributed by atoms with Crippen molar-refractivity contribution in [2.75, 3.05) is 30.5 Å². The van der Waals surface area contributed by atoms with E-state index >= 15 is 0 Å². The molecule has 2 rings (SSSR count). The molecule has 0 saturated carbocycles. The van der Waals surface area contributed by atoms with E-state index in [0.29, 0.717) is 6.04 Å². The zero-order chi connectivity index (χ0) is 13.1. The zero-order valence-electron chi connectivity index (χ0n) is 11.2. The van der Waals surface area contributed by atoms with Gasteiger partial charge in [0.05, 0.1) is 0 Å². The van der Waals surface area contributed by atoms with Gasteiger partial charge in [0, 0.05) is 36.1 Å². The third-order valence-electron chi connectivity index (χ3n) is 3.73. The van der Waals surface area contributed by atoms with Crippen molar-refractivity contribution in [3.05, 3.63) is 29.6 Å². The number of halogens is 1. The molecule has 0 aromatic heterocycles. The van der Waals surface area contributed by atoms with Crippen molar-refractivity contribution < 1.29 is 4.39 Å². The molecule has 1 N–H and O–H groups in total. The Hall–Kier alpha value is -0.740. The first kappa shape index (κ1) is 13.7. The highest BCUT2D eigenvalue weighted by atomic mass is 32.2. The fourth-order valence-electron chi connectivity index (χ4n) is 2.43. The summed E-state index contributed by atoms with van der Waals surface area (Å²) in [6, 6.07) is 5.92. The minimum Gasteiger partial charge on any atom is -0.370 e. The van der Waals surface area contributed by atoms with Crippen molar-refractivity contribution in [1.82, 2.24) is 5.32 Å². The third kappa shape index (κ3) is 2.64. The van der Waals surface area contributed by atoms with E-state index in [1.54, 1.807) is 12.1 Å². The Balaban J connectivity index is 2.33. The van der Waals surface area contributed by atoms with Gasteiger partial charge < -0.3 is 10.2 Å². The van der Waals surface area contributed by atoms with Crippen LogP contribution in [0.25, 0.3) is 0 Å². The van der Waals surface area contributed by atoms with Crippen LogP contribution < -0.4 is 10.2 Å². The fourth-order valence-corrected chi connectivity index (χ4v) is 3.70. The van der Waals surface area contributed by atoms with E-state index in [-0.39, 0.29) is 11.9 Å². The highest BCUT2D eigenvalue weighted by molar-refractivity contribution is 7.99. The van der Waals surface area contributed by atoms with Gasteiger partial charge in [0.25, 0.3) is 0 Å². The molecule has 18 heavy (non-hydrogen) atoms. The molecule has 1 heterocycles. The van der Waals surface area contributed by atoms with Gasteiger partial charge in [-0.2, -0.15) is 11.8 Å². The Kier molecular flexibility index (Phi) is 4.51. The number of thioether (sulfide) groups is 1. The smallest absolute Gasteiger partial charge is 0.130 e. The maximum Gasteiger partial charge on any atom is 0.130 e. The third-order valence-corrected chi connectivity index (χ3v) is 4.87. The SMILES string of the molecule is CNC(C)c1c(F)cccc1N(C)C1CCSC1. The molecule has 1 aliphatic heterocycles. The van der Waals surface area contributed by atoms with E-state index < -0.39 is 0 Å². The van der Waals surface area contributed by atoms with Crippen LogP contribution in [0.2, 0.25) is 0 Å². The molecule has 0 bridgehead atoms. The molecule has 1 aromatic carbocycles. The lowest BCUT2D eigenvalue weighted by molar-refractivity contribution is 0.557. The van der Waals surface area contributed by atoms with Gasteiger partial charge in [-0.1, -0.05) is 6.07 Å². The monoisotopic (exact) mass is 268 g/mol. The lowest BCUT2D eigenvalue weighted by Crippen LogP contribution is -2.33. The molecule has 100 valence electrons. The standard InChI is InChI=1S/C14H21FN2S/c1-10(16-2)14-12(15)5-4-6-13(14)17(3)11-7-8-18-9-11/h4-6,10-11,16H,7-9H2,1-3H3. The largest absolute Gasteiger partial charge is 0.370 e. The Morgan fingerprint density at radius 2 is 2.28 bits per heavy atom. The average molecular weight is 268 g/mol. The minimum atomic E-state index is -0.119. The van der Waals surface area contributed by atoms with Crippen LogP contribution in [0.5, 0.6) is 0 Å². The highest BCUT2D eigenvalue weighted by Crippen LogP contribution is 2.32. The van der Waals surface area contributed by atoms with Crippen LogP contribution in [0.15, 0.2) is 18.2 Å². The number of rotatable bonds is 4. The second kappa shape index (κ2) is 5.93. The van der Waals surface area contributed by atoms with Crippen molar-refractivity contribution in [2.45, 2.75) is 25.4 Å². The van der Waals surface area contributed by atoms with Gasteiger partial charge in [0.15, 0.2) is 0 Å². The summed E-state index contributed by atoms with van der Waals surface area (Å²) >= 11 is 1.98. The molecule has 1 aliphatic rings. The number of hydrogen-bond acceptors (Lipinski definition) is 3. The Morgan fingerprint density at radius 1 is 1.50 bits per heavy atom. The van der Waals surface area contributed by atoms with Gasteiger partial charge in [-0.05, 0) is 38.3 Å². The Morgan fingerprint density at radius 3 is 2.89 bits per heavy atom. The first-order valence-corrected chi connectivity index (χ1v) is 7.57. The van der Waals surface area contributed by atoms with Crippen molar-refractivity contribution >= 4 is 17.4 Å². The summed E-state index contributed by atoms with van der Waals surface area (Å²) in [7, 11) is 3.95. The molecule has 0 spiro atoms. The van der Waals surface area contributed by atoms with Crippen LogP contribution in [-0.4, -0.2) is 31.6 Å². The molecule has 1 saturated heterocycles. The number of nitrogens with one attached hydrogen (secondary N) is 1. The minimum absolute atomic E-state index is 0.0257. The second-order valence-electron chi connectivity index (χ2n) is 4.81. The van der Waals surface area contributed by atoms with Crippen molar-refractivity contribution in [2.24, 2.45) is 0 Å². The lowest BCUT2D eigenvalue weighted by atomic mass is 10.0. The molecule has 4 heteroatoms. The Labute approximate surface area is 113 Å². The van der Waals surface area contributed by atoms with Crippen LogP contribution in [0, 0.1) is 5.82 Å². The molecule has 0 radical (unpaired) electrons. The number of nitrogens with zero attached hydrogens (tertiary/aromatic N) is 1. The van der Waals surface area contributed by atoms with Gasteiger partial charge in [0.2, 0.25) is 0 Å².